The molecule has 1 unspecified atom stereocenters. The van der Waals surface area contributed by atoms with E-state index in [1.165, 1.54) is 0 Å². The summed E-state index contributed by atoms with van der Waals surface area (Å²) in [6, 6.07) is 11.1. The molecule has 0 saturated heterocycles. The number of hydrogen-bond donors (Lipinski definition) is 2. The van der Waals surface area contributed by atoms with Gasteiger partial charge in [-0.2, -0.15) is 5.10 Å². The molecule has 1 aromatic heterocycles. The summed E-state index contributed by atoms with van der Waals surface area (Å²) in [6.45, 7) is 4.01. The summed E-state index contributed by atoms with van der Waals surface area (Å²) in [7, 11) is 0. The molecule has 2 aromatic rings. The molecule has 0 spiro atoms. The van der Waals surface area contributed by atoms with Crippen molar-refractivity contribution in [3.8, 4) is 0 Å². The maximum Gasteiger partial charge on any atom is 0.274 e. The van der Waals surface area contributed by atoms with Gasteiger partial charge in [-0.15, -0.1) is 0 Å². The van der Waals surface area contributed by atoms with E-state index >= 15 is 0 Å². The van der Waals surface area contributed by atoms with Crippen molar-refractivity contribution in [1.29, 1.82) is 0 Å². The summed E-state index contributed by atoms with van der Waals surface area (Å²) in [5.41, 5.74) is 6.44. The number of aromatic nitrogens is 1. The van der Waals surface area contributed by atoms with Gasteiger partial charge in [-0.3, -0.25) is 14.6 Å². The van der Waals surface area contributed by atoms with E-state index < -0.39 is 0 Å². The average Bonchev–Trinajstić information content (AvgIpc) is 2.62. The minimum Gasteiger partial charge on any atom is -0.321 e. The SMILES string of the molecule is CCc1ccnc(C(=O)Nc2ccc(C3=NNC(=O)CC3C)cc2)c1. The predicted octanol–water partition coefficient (Wildman–Crippen LogP) is 2.76. The van der Waals surface area contributed by atoms with Crippen LogP contribution in [0.2, 0.25) is 0 Å². The van der Waals surface area contributed by atoms with Gasteiger partial charge in [0.25, 0.3) is 5.91 Å². The first-order valence-corrected chi connectivity index (χ1v) is 8.30. The zero-order chi connectivity index (χ0) is 17.8. The van der Waals surface area contributed by atoms with Gasteiger partial charge >= 0.3 is 0 Å². The maximum absolute atomic E-state index is 12.3. The maximum atomic E-state index is 12.3. The minimum atomic E-state index is -0.237. The first-order chi connectivity index (χ1) is 12.1. The molecule has 2 heterocycles. The van der Waals surface area contributed by atoms with Gasteiger partial charge in [0.2, 0.25) is 5.91 Å². The Hall–Kier alpha value is -3.02. The van der Waals surface area contributed by atoms with E-state index in [4.69, 9.17) is 0 Å². The number of hydrazone groups is 1. The molecular formula is C19H20N4O2. The van der Waals surface area contributed by atoms with Crippen LogP contribution in [0.15, 0.2) is 47.7 Å². The van der Waals surface area contributed by atoms with Gasteiger partial charge in [0.05, 0.1) is 5.71 Å². The van der Waals surface area contributed by atoms with Crippen molar-refractivity contribution in [2.45, 2.75) is 26.7 Å². The number of carbonyl (C=O) groups is 2. The third-order valence-corrected chi connectivity index (χ3v) is 4.16. The molecule has 0 radical (unpaired) electrons. The Morgan fingerprint density at radius 1 is 1.28 bits per heavy atom. The van der Waals surface area contributed by atoms with E-state index in [-0.39, 0.29) is 17.7 Å². The quantitative estimate of drug-likeness (QED) is 0.900. The molecule has 25 heavy (non-hydrogen) atoms. The van der Waals surface area contributed by atoms with Gasteiger partial charge in [0, 0.05) is 24.2 Å². The van der Waals surface area contributed by atoms with E-state index in [2.05, 4.69) is 20.8 Å². The molecule has 0 bridgehead atoms. The van der Waals surface area contributed by atoms with Crippen molar-refractivity contribution in [3.63, 3.8) is 0 Å². The van der Waals surface area contributed by atoms with Crippen LogP contribution in [0.4, 0.5) is 5.69 Å². The van der Waals surface area contributed by atoms with Gasteiger partial charge in [-0.1, -0.05) is 26.0 Å². The van der Waals surface area contributed by atoms with Crippen LogP contribution in [0.25, 0.3) is 0 Å². The lowest BCUT2D eigenvalue weighted by molar-refractivity contribution is -0.121. The lowest BCUT2D eigenvalue weighted by Gasteiger charge is -2.19. The number of benzene rings is 1. The molecule has 2 amide bonds. The van der Waals surface area contributed by atoms with Crippen LogP contribution < -0.4 is 10.7 Å². The Morgan fingerprint density at radius 3 is 2.72 bits per heavy atom. The van der Waals surface area contributed by atoms with E-state index in [0.717, 1.165) is 23.3 Å². The number of amides is 2. The summed E-state index contributed by atoms with van der Waals surface area (Å²) >= 11 is 0. The minimum absolute atomic E-state index is 0.0650. The molecule has 128 valence electrons. The highest BCUT2D eigenvalue weighted by Gasteiger charge is 2.21. The smallest absolute Gasteiger partial charge is 0.274 e. The Kier molecular flexibility index (Phi) is 4.88. The lowest BCUT2D eigenvalue weighted by Crippen LogP contribution is -2.31. The lowest BCUT2D eigenvalue weighted by atomic mass is 9.94. The van der Waals surface area contributed by atoms with Gasteiger partial charge in [-0.25, -0.2) is 5.43 Å². The van der Waals surface area contributed by atoms with Crippen LogP contribution in [-0.2, 0) is 11.2 Å². The molecule has 6 heteroatoms. The van der Waals surface area contributed by atoms with Crippen molar-refractivity contribution >= 4 is 23.2 Å². The molecule has 0 aliphatic carbocycles. The standard InChI is InChI=1S/C19H20N4O2/c1-3-13-8-9-20-16(11-13)19(25)21-15-6-4-14(5-7-15)18-12(2)10-17(24)22-23-18/h4-9,11-12H,3,10H2,1-2H3,(H,21,25)(H,22,24). The Bertz CT molecular complexity index is 828. The fourth-order valence-electron chi connectivity index (χ4n) is 2.74. The second-order valence-electron chi connectivity index (χ2n) is 6.07. The number of nitrogens with zero attached hydrogens (tertiary/aromatic N) is 2. The van der Waals surface area contributed by atoms with E-state index in [0.29, 0.717) is 17.8 Å². The highest BCUT2D eigenvalue weighted by Crippen LogP contribution is 2.19. The number of nitrogens with one attached hydrogen (secondary N) is 2. The van der Waals surface area contributed by atoms with Crippen molar-refractivity contribution in [3.05, 3.63) is 59.4 Å². The van der Waals surface area contributed by atoms with Crippen LogP contribution >= 0.6 is 0 Å². The van der Waals surface area contributed by atoms with Crippen LogP contribution in [-0.4, -0.2) is 22.5 Å². The summed E-state index contributed by atoms with van der Waals surface area (Å²) in [5.74, 6) is -0.240. The third-order valence-electron chi connectivity index (χ3n) is 4.16. The van der Waals surface area contributed by atoms with Gasteiger partial charge in [-0.05, 0) is 41.8 Å². The number of rotatable bonds is 4. The fourth-order valence-corrected chi connectivity index (χ4v) is 2.74. The van der Waals surface area contributed by atoms with Crippen molar-refractivity contribution in [1.82, 2.24) is 10.4 Å². The fraction of sp³-hybridized carbons (Fsp3) is 0.263. The van der Waals surface area contributed by atoms with Crippen LogP contribution in [0.3, 0.4) is 0 Å². The first kappa shape index (κ1) is 16.8. The van der Waals surface area contributed by atoms with Crippen molar-refractivity contribution in [2.24, 2.45) is 11.0 Å². The Labute approximate surface area is 146 Å². The molecule has 6 nitrogen and oxygen atoms in total. The van der Waals surface area contributed by atoms with E-state index in [1.54, 1.807) is 12.3 Å². The molecule has 1 atom stereocenters. The van der Waals surface area contributed by atoms with E-state index in [1.807, 2.05) is 44.2 Å². The molecule has 0 fully saturated rings. The van der Waals surface area contributed by atoms with Gasteiger partial charge in [0.15, 0.2) is 0 Å². The molecule has 1 aromatic carbocycles. The number of pyridine rings is 1. The summed E-state index contributed by atoms with van der Waals surface area (Å²) in [4.78, 5) is 27.8. The van der Waals surface area contributed by atoms with Gasteiger partial charge in [0.1, 0.15) is 5.69 Å². The zero-order valence-electron chi connectivity index (χ0n) is 14.2. The normalized spacial score (nSPS) is 16.8. The average molecular weight is 336 g/mol. The molecule has 1 aliphatic heterocycles. The number of anilines is 1. The van der Waals surface area contributed by atoms with Crippen LogP contribution in [0.1, 0.15) is 41.9 Å². The molecule has 0 saturated carbocycles. The largest absolute Gasteiger partial charge is 0.321 e. The highest BCUT2D eigenvalue weighted by atomic mass is 16.2. The first-order valence-electron chi connectivity index (χ1n) is 8.30. The second kappa shape index (κ2) is 7.25. The summed E-state index contributed by atoms with van der Waals surface area (Å²) < 4.78 is 0. The monoisotopic (exact) mass is 336 g/mol. The topological polar surface area (TPSA) is 83.4 Å². The highest BCUT2D eigenvalue weighted by molar-refractivity contribution is 6.06. The van der Waals surface area contributed by atoms with Crippen LogP contribution in [0, 0.1) is 5.92 Å². The molecular weight excluding hydrogens is 316 g/mol. The third kappa shape index (κ3) is 3.91. The number of carbonyl (C=O) groups excluding carboxylic acids is 2. The zero-order valence-corrected chi connectivity index (χ0v) is 14.2. The molecule has 2 N–H and O–H groups in total. The molecule has 3 rings (SSSR count). The summed E-state index contributed by atoms with van der Waals surface area (Å²) in [5, 5.41) is 6.99. The molecule has 1 aliphatic rings. The number of aryl methyl sites for hydroxylation is 1. The predicted molar refractivity (Wildman–Crippen MR) is 96.5 cm³/mol. The van der Waals surface area contributed by atoms with Crippen molar-refractivity contribution < 1.29 is 9.59 Å². The Balaban J connectivity index is 1.72. The van der Waals surface area contributed by atoms with E-state index in [9.17, 15) is 9.59 Å². The second-order valence-corrected chi connectivity index (χ2v) is 6.07. The van der Waals surface area contributed by atoms with Crippen LogP contribution in [0.5, 0.6) is 0 Å². The van der Waals surface area contributed by atoms with Gasteiger partial charge < -0.3 is 5.32 Å². The number of hydrogen-bond acceptors (Lipinski definition) is 4. The summed E-state index contributed by atoms with van der Waals surface area (Å²) in [6.07, 6.45) is 2.93. The Morgan fingerprint density at radius 2 is 2.04 bits per heavy atom. The van der Waals surface area contributed by atoms with Crippen molar-refractivity contribution in [2.75, 3.05) is 5.32 Å².